The molecule has 0 unspecified atom stereocenters. The van der Waals surface area contributed by atoms with Gasteiger partial charge >= 0.3 is 0 Å². The van der Waals surface area contributed by atoms with Crippen LogP contribution in [0.1, 0.15) is 28.7 Å². The summed E-state index contributed by atoms with van der Waals surface area (Å²) >= 11 is 1.44. The van der Waals surface area contributed by atoms with Gasteiger partial charge in [0.15, 0.2) is 0 Å². The van der Waals surface area contributed by atoms with Gasteiger partial charge in [0.2, 0.25) is 5.91 Å². The Balaban J connectivity index is 1.73. The van der Waals surface area contributed by atoms with Crippen molar-refractivity contribution in [2.45, 2.75) is 20.3 Å². The predicted molar refractivity (Wildman–Crippen MR) is 99.3 cm³/mol. The van der Waals surface area contributed by atoms with E-state index in [1.807, 2.05) is 48.0 Å². The summed E-state index contributed by atoms with van der Waals surface area (Å²) < 4.78 is 1.88. The molecule has 0 saturated carbocycles. The highest BCUT2D eigenvalue weighted by Gasteiger charge is 2.16. The van der Waals surface area contributed by atoms with Crippen molar-refractivity contribution >= 4 is 33.4 Å². The summed E-state index contributed by atoms with van der Waals surface area (Å²) in [5.41, 5.74) is 1.88. The SMILES string of the molecule is CC(=O)NCCCNC(=O)c1cc2c(C)nn(-c3ccccc3)c2s1. The molecule has 1 aromatic carbocycles. The normalized spacial score (nSPS) is 10.8. The van der Waals surface area contributed by atoms with E-state index < -0.39 is 0 Å². The van der Waals surface area contributed by atoms with E-state index in [0.29, 0.717) is 24.4 Å². The first kappa shape index (κ1) is 17.2. The van der Waals surface area contributed by atoms with E-state index in [9.17, 15) is 9.59 Å². The maximum Gasteiger partial charge on any atom is 0.261 e. The highest BCUT2D eigenvalue weighted by molar-refractivity contribution is 7.20. The zero-order chi connectivity index (χ0) is 17.8. The second-order valence-corrected chi connectivity index (χ2v) is 6.79. The van der Waals surface area contributed by atoms with Crippen LogP contribution in [0.3, 0.4) is 0 Å². The van der Waals surface area contributed by atoms with Crippen LogP contribution in [0, 0.1) is 6.92 Å². The van der Waals surface area contributed by atoms with Gasteiger partial charge in [-0.05, 0) is 31.5 Å². The average molecular weight is 356 g/mol. The van der Waals surface area contributed by atoms with Crippen molar-refractivity contribution in [3.63, 3.8) is 0 Å². The van der Waals surface area contributed by atoms with Crippen molar-refractivity contribution in [3.8, 4) is 5.69 Å². The molecule has 0 bridgehead atoms. The Morgan fingerprint density at radius 3 is 2.60 bits per heavy atom. The lowest BCUT2D eigenvalue weighted by Crippen LogP contribution is -2.28. The van der Waals surface area contributed by atoms with Gasteiger partial charge in [0.1, 0.15) is 4.83 Å². The van der Waals surface area contributed by atoms with Crippen LogP contribution < -0.4 is 10.6 Å². The Morgan fingerprint density at radius 1 is 1.16 bits per heavy atom. The monoisotopic (exact) mass is 356 g/mol. The number of para-hydroxylation sites is 1. The molecular weight excluding hydrogens is 336 g/mol. The number of hydrogen-bond acceptors (Lipinski definition) is 4. The standard InChI is InChI=1S/C18H20N4O2S/c1-12-15-11-16(17(24)20-10-6-9-19-13(2)23)25-18(15)22(21-12)14-7-4-3-5-8-14/h3-5,7-8,11H,6,9-10H2,1-2H3,(H,19,23)(H,20,24). The number of rotatable bonds is 6. The van der Waals surface area contributed by atoms with E-state index in [2.05, 4.69) is 15.7 Å². The maximum absolute atomic E-state index is 12.4. The molecule has 2 heterocycles. The van der Waals surface area contributed by atoms with Gasteiger partial charge < -0.3 is 10.6 Å². The molecule has 0 spiro atoms. The Bertz CT molecular complexity index is 899. The number of hydrogen-bond donors (Lipinski definition) is 2. The van der Waals surface area contributed by atoms with Crippen molar-refractivity contribution in [2.24, 2.45) is 0 Å². The number of thiophene rings is 1. The van der Waals surface area contributed by atoms with Gasteiger partial charge in [-0.25, -0.2) is 4.68 Å². The van der Waals surface area contributed by atoms with Crippen LogP contribution in [0.4, 0.5) is 0 Å². The second-order valence-electron chi connectivity index (χ2n) is 5.75. The molecule has 7 heteroatoms. The van der Waals surface area contributed by atoms with Crippen molar-refractivity contribution < 1.29 is 9.59 Å². The summed E-state index contributed by atoms with van der Waals surface area (Å²) in [4.78, 5) is 24.8. The second kappa shape index (κ2) is 7.48. The fourth-order valence-corrected chi connectivity index (χ4v) is 3.64. The van der Waals surface area contributed by atoms with Crippen molar-refractivity contribution in [1.82, 2.24) is 20.4 Å². The molecule has 3 aromatic rings. The Kier molecular flexibility index (Phi) is 5.14. The van der Waals surface area contributed by atoms with Gasteiger partial charge in [-0.3, -0.25) is 9.59 Å². The van der Waals surface area contributed by atoms with Gasteiger partial charge in [-0.1, -0.05) is 18.2 Å². The molecule has 2 aromatic heterocycles. The zero-order valence-electron chi connectivity index (χ0n) is 14.2. The Morgan fingerprint density at radius 2 is 1.88 bits per heavy atom. The third kappa shape index (κ3) is 3.88. The molecule has 0 saturated heterocycles. The molecule has 0 aliphatic heterocycles. The average Bonchev–Trinajstić information content (AvgIpc) is 3.16. The first-order valence-corrected chi connectivity index (χ1v) is 8.95. The van der Waals surface area contributed by atoms with Crippen molar-refractivity contribution in [1.29, 1.82) is 0 Å². The molecule has 6 nitrogen and oxygen atoms in total. The summed E-state index contributed by atoms with van der Waals surface area (Å²) in [6.07, 6.45) is 0.701. The third-order valence-corrected chi connectivity index (χ3v) is 4.89. The predicted octanol–water partition coefficient (Wildman–Crippen LogP) is 2.65. The topological polar surface area (TPSA) is 76.0 Å². The van der Waals surface area contributed by atoms with Crippen molar-refractivity contribution in [2.75, 3.05) is 13.1 Å². The summed E-state index contributed by atoms with van der Waals surface area (Å²) in [6.45, 7) is 4.51. The Labute approximate surface area is 149 Å². The van der Waals surface area contributed by atoms with Crippen LogP contribution in [0.15, 0.2) is 36.4 Å². The summed E-state index contributed by atoms with van der Waals surface area (Å²) in [5, 5.41) is 11.2. The number of fused-ring (bicyclic) bond motifs is 1. The highest BCUT2D eigenvalue weighted by Crippen LogP contribution is 2.30. The fourth-order valence-electron chi connectivity index (χ4n) is 2.55. The molecule has 3 rings (SSSR count). The lowest BCUT2D eigenvalue weighted by atomic mass is 10.3. The van der Waals surface area contributed by atoms with Gasteiger partial charge in [0.25, 0.3) is 5.91 Å². The van der Waals surface area contributed by atoms with E-state index in [0.717, 1.165) is 21.6 Å². The fraction of sp³-hybridized carbons (Fsp3) is 0.278. The summed E-state index contributed by atoms with van der Waals surface area (Å²) in [7, 11) is 0. The summed E-state index contributed by atoms with van der Waals surface area (Å²) in [6, 6.07) is 11.8. The zero-order valence-corrected chi connectivity index (χ0v) is 15.0. The summed E-state index contributed by atoms with van der Waals surface area (Å²) in [5.74, 6) is -0.153. The first-order valence-electron chi connectivity index (χ1n) is 8.13. The third-order valence-electron chi connectivity index (χ3n) is 3.78. The molecular formula is C18H20N4O2S. The lowest BCUT2D eigenvalue weighted by molar-refractivity contribution is -0.118. The van der Waals surface area contributed by atoms with Crippen LogP contribution >= 0.6 is 11.3 Å². The van der Waals surface area contributed by atoms with E-state index in [-0.39, 0.29) is 11.8 Å². The van der Waals surface area contributed by atoms with Crippen LogP contribution in [-0.4, -0.2) is 34.7 Å². The van der Waals surface area contributed by atoms with Crippen LogP contribution in [0.25, 0.3) is 15.9 Å². The molecule has 0 atom stereocenters. The van der Waals surface area contributed by atoms with E-state index in [1.165, 1.54) is 18.3 Å². The molecule has 25 heavy (non-hydrogen) atoms. The van der Waals surface area contributed by atoms with Gasteiger partial charge in [-0.2, -0.15) is 5.10 Å². The number of aryl methyl sites for hydroxylation is 1. The number of nitrogens with one attached hydrogen (secondary N) is 2. The number of amides is 2. The number of benzene rings is 1. The molecule has 2 N–H and O–H groups in total. The molecule has 0 radical (unpaired) electrons. The minimum Gasteiger partial charge on any atom is -0.356 e. The van der Waals surface area contributed by atoms with E-state index >= 15 is 0 Å². The highest BCUT2D eigenvalue weighted by atomic mass is 32.1. The largest absolute Gasteiger partial charge is 0.356 e. The quantitative estimate of drug-likeness (QED) is 0.667. The molecule has 0 aliphatic carbocycles. The first-order chi connectivity index (χ1) is 12.1. The molecule has 2 amide bonds. The number of carbonyl (C=O) groups excluding carboxylic acids is 2. The number of nitrogens with zero attached hydrogens (tertiary/aromatic N) is 2. The maximum atomic E-state index is 12.4. The van der Waals surface area contributed by atoms with Gasteiger partial charge in [0.05, 0.1) is 16.3 Å². The van der Waals surface area contributed by atoms with Crippen molar-refractivity contribution in [3.05, 3.63) is 47.0 Å². The number of carbonyl (C=O) groups is 2. The van der Waals surface area contributed by atoms with Crippen LogP contribution in [-0.2, 0) is 4.79 Å². The van der Waals surface area contributed by atoms with Gasteiger partial charge in [-0.15, -0.1) is 11.3 Å². The van der Waals surface area contributed by atoms with Crippen LogP contribution in [0.2, 0.25) is 0 Å². The lowest BCUT2D eigenvalue weighted by Gasteiger charge is -2.04. The molecule has 0 fully saturated rings. The van der Waals surface area contributed by atoms with Crippen LogP contribution in [0.5, 0.6) is 0 Å². The smallest absolute Gasteiger partial charge is 0.261 e. The van der Waals surface area contributed by atoms with E-state index in [4.69, 9.17) is 0 Å². The van der Waals surface area contributed by atoms with Gasteiger partial charge in [0, 0.05) is 25.4 Å². The minimum atomic E-state index is -0.0944. The van der Waals surface area contributed by atoms with E-state index in [1.54, 1.807) is 0 Å². The molecule has 0 aliphatic rings. The number of aromatic nitrogens is 2. The minimum absolute atomic E-state index is 0.0585. The Hall–Kier alpha value is -2.67. The molecule has 130 valence electrons.